The van der Waals surface area contributed by atoms with E-state index in [0.717, 1.165) is 25.8 Å². The molecule has 1 unspecified atom stereocenters. The maximum atomic E-state index is 13.6. The van der Waals surface area contributed by atoms with Gasteiger partial charge < -0.3 is 10.1 Å². The molecule has 104 valence electrons. The van der Waals surface area contributed by atoms with Crippen LogP contribution in [0.25, 0.3) is 0 Å². The van der Waals surface area contributed by atoms with Gasteiger partial charge in [-0.1, -0.05) is 6.07 Å². The van der Waals surface area contributed by atoms with Crippen molar-refractivity contribution in [2.75, 3.05) is 13.7 Å². The lowest BCUT2D eigenvalue weighted by atomic mass is 9.84. The Morgan fingerprint density at radius 2 is 2.26 bits per heavy atom. The van der Waals surface area contributed by atoms with Crippen LogP contribution in [0, 0.1) is 5.82 Å². The third-order valence-corrected chi connectivity index (χ3v) is 3.82. The van der Waals surface area contributed by atoms with Gasteiger partial charge >= 0.3 is 0 Å². The number of ether oxygens (including phenoxy) is 1. The molecule has 1 aromatic rings. The van der Waals surface area contributed by atoms with E-state index >= 15 is 0 Å². The van der Waals surface area contributed by atoms with Crippen LogP contribution in [0.15, 0.2) is 18.2 Å². The molecular weight excluding hydrogens is 245 g/mol. The van der Waals surface area contributed by atoms with E-state index in [2.05, 4.69) is 5.32 Å². The molecule has 0 amide bonds. The normalized spacial score (nSPS) is 23.1. The van der Waals surface area contributed by atoms with Gasteiger partial charge in [0, 0.05) is 6.42 Å². The van der Waals surface area contributed by atoms with Crippen LogP contribution in [-0.4, -0.2) is 25.0 Å². The van der Waals surface area contributed by atoms with Crippen molar-refractivity contribution in [1.82, 2.24) is 5.32 Å². The van der Waals surface area contributed by atoms with Gasteiger partial charge in [-0.25, -0.2) is 4.39 Å². The smallest absolute Gasteiger partial charge is 0.165 e. The highest BCUT2D eigenvalue weighted by molar-refractivity contribution is 5.90. The predicted octanol–water partition coefficient (Wildman–Crippen LogP) is 2.48. The highest BCUT2D eigenvalue weighted by Gasteiger charge is 2.33. The number of halogens is 1. The molecule has 0 bridgehead atoms. The summed E-state index contributed by atoms with van der Waals surface area (Å²) in [5.41, 5.74) is 0.228. The van der Waals surface area contributed by atoms with Crippen molar-refractivity contribution in [2.45, 2.75) is 38.1 Å². The van der Waals surface area contributed by atoms with Crippen LogP contribution >= 0.6 is 0 Å². The Hall–Kier alpha value is -1.42. The number of methoxy groups -OCH3 is 1. The van der Waals surface area contributed by atoms with E-state index in [1.807, 2.05) is 6.92 Å². The lowest BCUT2D eigenvalue weighted by Crippen LogP contribution is -2.52. The largest absolute Gasteiger partial charge is 0.494 e. The number of benzene rings is 1. The number of piperidine rings is 1. The van der Waals surface area contributed by atoms with E-state index < -0.39 is 11.4 Å². The van der Waals surface area contributed by atoms with Gasteiger partial charge in [-0.3, -0.25) is 4.79 Å². The third kappa shape index (κ3) is 3.13. The number of nitrogens with one attached hydrogen (secondary N) is 1. The fourth-order valence-electron chi connectivity index (χ4n) is 2.49. The average molecular weight is 265 g/mol. The molecule has 0 aliphatic carbocycles. The molecule has 1 saturated heterocycles. The van der Waals surface area contributed by atoms with Gasteiger partial charge in [-0.05, 0) is 50.4 Å². The Morgan fingerprint density at radius 1 is 1.47 bits per heavy atom. The topological polar surface area (TPSA) is 38.3 Å². The maximum absolute atomic E-state index is 13.6. The van der Waals surface area contributed by atoms with Crippen LogP contribution < -0.4 is 10.1 Å². The Balaban J connectivity index is 2.08. The zero-order chi connectivity index (χ0) is 13.9. The van der Waals surface area contributed by atoms with E-state index in [4.69, 9.17) is 4.74 Å². The highest BCUT2D eigenvalue weighted by Crippen LogP contribution is 2.23. The van der Waals surface area contributed by atoms with Gasteiger partial charge in [0.25, 0.3) is 0 Å². The summed E-state index contributed by atoms with van der Waals surface area (Å²) in [7, 11) is 1.43. The fraction of sp³-hybridized carbons (Fsp3) is 0.533. The summed E-state index contributed by atoms with van der Waals surface area (Å²) >= 11 is 0. The molecule has 1 heterocycles. The van der Waals surface area contributed by atoms with E-state index in [0.29, 0.717) is 5.56 Å². The van der Waals surface area contributed by atoms with Gasteiger partial charge in [-0.15, -0.1) is 0 Å². The van der Waals surface area contributed by atoms with Crippen LogP contribution in [0.3, 0.4) is 0 Å². The van der Waals surface area contributed by atoms with Gasteiger partial charge in [0.2, 0.25) is 0 Å². The number of hydrogen-bond acceptors (Lipinski definition) is 3. The molecular formula is C15H20FNO2. The summed E-state index contributed by atoms with van der Waals surface area (Å²) in [6.07, 6.45) is 3.28. The molecule has 2 rings (SSSR count). The Morgan fingerprint density at radius 3 is 2.84 bits per heavy atom. The van der Waals surface area contributed by atoms with Crippen LogP contribution in [0.4, 0.5) is 4.39 Å². The predicted molar refractivity (Wildman–Crippen MR) is 71.9 cm³/mol. The minimum Gasteiger partial charge on any atom is -0.494 e. The lowest BCUT2D eigenvalue weighted by Gasteiger charge is -2.33. The average Bonchev–Trinajstić information content (AvgIpc) is 2.40. The summed E-state index contributed by atoms with van der Waals surface area (Å²) in [6, 6.07) is 4.68. The van der Waals surface area contributed by atoms with E-state index in [1.54, 1.807) is 12.1 Å². The SMILES string of the molecule is COc1ccc(CC(=O)C2(C)CCCCN2)cc1F. The standard InChI is InChI=1S/C15H20FNO2/c1-15(7-3-4-8-17-15)14(18)10-11-5-6-13(19-2)12(16)9-11/h5-6,9,17H,3-4,7-8,10H2,1-2H3. The van der Waals surface area contributed by atoms with E-state index in [1.165, 1.54) is 13.2 Å². The van der Waals surface area contributed by atoms with Crippen LogP contribution in [0.2, 0.25) is 0 Å². The third-order valence-electron chi connectivity index (χ3n) is 3.82. The molecule has 3 nitrogen and oxygen atoms in total. The highest BCUT2D eigenvalue weighted by atomic mass is 19.1. The van der Waals surface area contributed by atoms with Gasteiger partial charge in [0.1, 0.15) is 0 Å². The van der Waals surface area contributed by atoms with Crippen LogP contribution in [0.5, 0.6) is 5.75 Å². The summed E-state index contributed by atoms with van der Waals surface area (Å²) < 4.78 is 18.5. The Labute approximate surface area is 113 Å². The molecule has 1 fully saturated rings. The number of Topliss-reactive ketones (excluding diaryl/α,β-unsaturated/α-hetero) is 1. The number of ketones is 1. The van der Waals surface area contributed by atoms with Gasteiger partial charge in [-0.2, -0.15) is 0 Å². The molecule has 19 heavy (non-hydrogen) atoms. The van der Waals surface area contributed by atoms with Crippen molar-refractivity contribution in [2.24, 2.45) is 0 Å². The first kappa shape index (κ1) is 14.0. The lowest BCUT2D eigenvalue weighted by molar-refractivity contribution is -0.125. The summed E-state index contributed by atoms with van der Waals surface area (Å²) in [5, 5.41) is 3.28. The number of rotatable bonds is 4. The van der Waals surface area contributed by atoms with Gasteiger partial charge in [0.05, 0.1) is 12.6 Å². The minimum absolute atomic E-state index is 0.122. The molecule has 0 spiro atoms. The molecule has 4 heteroatoms. The quantitative estimate of drug-likeness (QED) is 0.909. The van der Waals surface area contributed by atoms with Crippen LogP contribution in [-0.2, 0) is 11.2 Å². The summed E-state index contributed by atoms with van der Waals surface area (Å²) in [5.74, 6) is -0.0930. The van der Waals surface area contributed by atoms with Crippen molar-refractivity contribution >= 4 is 5.78 Å². The monoisotopic (exact) mass is 265 g/mol. The molecule has 1 N–H and O–H groups in total. The second kappa shape index (κ2) is 5.70. The first-order valence-electron chi connectivity index (χ1n) is 6.66. The number of hydrogen-bond donors (Lipinski definition) is 1. The van der Waals surface area contributed by atoms with Gasteiger partial charge in [0.15, 0.2) is 17.3 Å². The fourth-order valence-corrected chi connectivity index (χ4v) is 2.49. The molecule has 0 aromatic heterocycles. The molecule has 1 atom stereocenters. The van der Waals surface area contributed by atoms with Crippen molar-refractivity contribution in [3.63, 3.8) is 0 Å². The van der Waals surface area contributed by atoms with Crippen molar-refractivity contribution in [1.29, 1.82) is 0 Å². The van der Waals surface area contributed by atoms with Crippen LogP contribution in [0.1, 0.15) is 31.7 Å². The summed E-state index contributed by atoms with van der Waals surface area (Å²) in [4.78, 5) is 12.3. The summed E-state index contributed by atoms with van der Waals surface area (Å²) in [6.45, 7) is 2.81. The Bertz CT molecular complexity index is 467. The zero-order valence-corrected chi connectivity index (χ0v) is 11.5. The Kier molecular flexibility index (Phi) is 4.20. The van der Waals surface area contributed by atoms with Crippen molar-refractivity contribution in [3.05, 3.63) is 29.6 Å². The zero-order valence-electron chi connectivity index (χ0n) is 11.5. The maximum Gasteiger partial charge on any atom is 0.165 e. The first-order valence-corrected chi connectivity index (χ1v) is 6.66. The molecule has 0 saturated carbocycles. The molecule has 1 aliphatic heterocycles. The molecule has 1 aromatic carbocycles. The molecule has 0 radical (unpaired) electrons. The van der Waals surface area contributed by atoms with E-state index in [-0.39, 0.29) is 18.0 Å². The second-order valence-electron chi connectivity index (χ2n) is 5.28. The van der Waals surface area contributed by atoms with E-state index in [9.17, 15) is 9.18 Å². The number of carbonyl (C=O) groups is 1. The van der Waals surface area contributed by atoms with Crippen molar-refractivity contribution < 1.29 is 13.9 Å². The molecule has 1 aliphatic rings. The van der Waals surface area contributed by atoms with Crippen molar-refractivity contribution in [3.8, 4) is 5.75 Å². The second-order valence-corrected chi connectivity index (χ2v) is 5.28. The first-order chi connectivity index (χ1) is 9.05. The number of carbonyl (C=O) groups excluding carboxylic acids is 1. The minimum atomic E-state index is -0.464.